The first-order chi connectivity index (χ1) is 8.97. The maximum atomic E-state index is 12.4. The molecule has 5 amide bonds. The zero-order chi connectivity index (χ0) is 14.0. The molecule has 104 valence electrons. The molecule has 1 aliphatic carbocycles. The summed E-state index contributed by atoms with van der Waals surface area (Å²) >= 11 is 0. The average molecular weight is 267 g/mol. The van der Waals surface area contributed by atoms with Gasteiger partial charge in [-0.15, -0.1) is 0 Å². The number of nitrogens with one attached hydrogen (secondary N) is 1. The second kappa shape index (κ2) is 4.99. The minimum atomic E-state index is -1.19. The first-order valence-electron chi connectivity index (χ1n) is 6.43. The molecular formula is C12H17N3O4. The molecule has 19 heavy (non-hydrogen) atoms. The van der Waals surface area contributed by atoms with Crippen molar-refractivity contribution < 1.29 is 19.2 Å². The number of urea groups is 1. The highest BCUT2D eigenvalue weighted by Gasteiger charge is 2.53. The van der Waals surface area contributed by atoms with Gasteiger partial charge < -0.3 is 5.73 Å². The molecule has 1 aliphatic heterocycles. The van der Waals surface area contributed by atoms with Crippen molar-refractivity contribution in [1.82, 2.24) is 10.2 Å². The van der Waals surface area contributed by atoms with E-state index in [0.29, 0.717) is 12.8 Å². The Morgan fingerprint density at radius 3 is 2.26 bits per heavy atom. The van der Waals surface area contributed by atoms with Crippen LogP contribution in [-0.4, -0.2) is 35.2 Å². The van der Waals surface area contributed by atoms with Crippen LogP contribution in [-0.2, 0) is 14.4 Å². The molecule has 1 spiro atoms. The first kappa shape index (κ1) is 13.5. The van der Waals surface area contributed by atoms with Crippen LogP contribution in [0.15, 0.2) is 0 Å². The van der Waals surface area contributed by atoms with Gasteiger partial charge in [0.2, 0.25) is 17.7 Å². The molecule has 0 aromatic carbocycles. The fourth-order valence-electron chi connectivity index (χ4n) is 2.80. The maximum absolute atomic E-state index is 12.4. The molecule has 0 unspecified atom stereocenters. The van der Waals surface area contributed by atoms with Crippen LogP contribution in [0.4, 0.5) is 4.79 Å². The molecule has 0 atom stereocenters. The second-order valence-electron chi connectivity index (χ2n) is 5.11. The van der Waals surface area contributed by atoms with Crippen LogP contribution in [0, 0.1) is 5.41 Å². The Bertz CT molecular complexity index is 438. The Morgan fingerprint density at radius 1 is 1.16 bits per heavy atom. The SMILES string of the molecule is NC(=O)CN1C(=O)NC(=O)C2(CCCCCC2)C1=O. The normalized spacial score (nSPS) is 23.2. The van der Waals surface area contributed by atoms with Crippen molar-refractivity contribution in [2.24, 2.45) is 11.1 Å². The van der Waals surface area contributed by atoms with E-state index in [0.717, 1.165) is 30.6 Å². The number of rotatable bonds is 2. The Morgan fingerprint density at radius 2 is 1.74 bits per heavy atom. The first-order valence-corrected chi connectivity index (χ1v) is 6.43. The third-order valence-electron chi connectivity index (χ3n) is 3.83. The molecule has 7 heteroatoms. The van der Waals surface area contributed by atoms with E-state index >= 15 is 0 Å². The lowest BCUT2D eigenvalue weighted by Crippen LogP contribution is -2.64. The number of carbonyl (C=O) groups excluding carboxylic acids is 4. The third-order valence-corrected chi connectivity index (χ3v) is 3.83. The number of primary amides is 1. The van der Waals surface area contributed by atoms with Crippen LogP contribution in [0.1, 0.15) is 38.5 Å². The highest BCUT2D eigenvalue weighted by molar-refractivity contribution is 6.19. The van der Waals surface area contributed by atoms with Gasteiger partial charge in [-0.2, -0.15) is 0 Å². The Hall–Kier alpha value is -1.92. The van der Waals surface area contributed by atoms with Gasteiger partial charge in [0, 0.05) is 0 Å². The van der Waals surface area contributed by atoms with Crippen molar-refractivity contribution >= 4 is 23.8 Å². The standard InChI is InChI=1S/C12H17N3O4/c13-8(16)7-15-10(18)12(9(17)14-11(15)19)5-3-1-2-4-6-12/h1-7H2,(H2,13,16)(H,14,17,19). The number of hydrogen-bond acceptors (Lipinski definition) is 4. The predicted molar refractivity (Wildman–Crippen MR) is 64.6 cm³/mol. The van der Waals surface area contributed by atoms with Gasteiger partial charge in [-0.25, -0.2) is 4.79 Å². The lowest BCUT2D eigenvalue weighted by molar-refractivity contribution is -0.153. The summed E-state index contributed by atoms with van der Waals surface area (Å²) in [7, 11) is 0. The number of nitrogens with zero attached hydrogens (tertiary/aromatic N) is 1. The smallest absolute Gasteiger partial charge is 0.331 e. The lowest BCUT2D eigenvalue weighted by Gasteiger charge is -2.38. The summed E-state index contributed by atoms with van der Waals surface area (Å²) in [4.78, 5) is 47.9. The highest BCUT2D eigenvalue weighted by atomic mass is 16.2. The van der Waals surface area contributed by atoms with E-state index in [1.807, 2.05) is 0 Å². The summed E-state index contributed by atoms with van der Waals surface area (Å²) in [5, 5.41) is 2.17. The molecule has 1 saturated carbocycles. The molecule has 1 heterocycles. The third kappa shape index (κ3) is 2.32. The summed E-state index contributed by atoms with van der Waals surface area (Å²) in [5.41, 5.74) is 3.84. The summed E-state index contributed by atoms with van der Waals surface area (Å²) in [5.74, 6) is -1.89. The number of amides is 5. The molecule has 2 aliphatic rings. The summed E-state index contributed by atoms with van der Waals surface area (Å²) in [6.07, 6.45) is 4.29. The summed E-state index contributed by atoms with van der Waals surface area (Å²) in [6.45, 7) is -0.486. The van der Waals surface area contributed by atoms with E-state index in [1.54, 1.807) is 0 Å². The quantitative estimate of drug-likeness (QED) is 0.680. The summed E-state index contributed by atoms with van der Waals surface area (Å²) < 4.78 is 0. The fourth-order valence-corrected chi connectivity index (χ4v) is 2.80. The molecule has 2 fully saturated rings. The average Bonchev–Trinajstić information content (AvgIpc) is 2.59. The molecule has 0 bridgehead atoms. The van der Waals surface area contributed by atoms with Gasteiger partial charge >= 0.3 is 6.03 Å². The zero-order valence-corrected chi connectivity index (χ0v) is 10.6. The van der Waals surface area contributed by atoms with Crippen molar-refractivity contribution in [3.63, 3.8) is 0 Å². The predicted octanol–water partition coefficient (Wildman–Crippen LogP) is -0.109. The zero-order valence-electron chi connectivity index (χ0n) is 10.6. The van der Waals surface area contributed by atoms with Gasteiger partial charge in [-0.05, 0) is 12.8 Å². The fraction of sp³-hybridized carbons (Fsp3) is 0.667. The second-order valence-corrected chi connectivity index (χ2v) is 5.11. The van der Waals surface area contributed by atoms with Crippen LogP contribution in [0.2, 0.25) is 0 Å². The number of nitrogens with two attached hydrogens (primary N) is 1. The van der Waals surface area contributed by atoms with E-state index in [1.165, 1.54) is 0 Å². The molecule has 1 saturated heterocycles. The van der Waals surface area contributed by atoms with Crippen LogP contribution in [0.5, 0.6) is 0 Å². The Labute approximate surface area is 110 Å². The Kier molecular flexibility index (Phi) is 3.55. The Balaban J connectivity index is 2.31. The van der Waals surface area contributed by atoms with Crippen molar-refractivity contribution in [1.29, 1.82) is 0 Å². The highest BCUT2D eigenvalue weighted by Crippen LogP contribution is 2.38. The molecular weight excluding hydrogens is 250 g/mol. The van der Waals surface area contributed by atoms with Crippen molar-refractivity contribution in [2.75, 3.05) is 6.54 Å². The van der Waals surface area contributed by atoms with Crippen LogP contribution in [0.25, 0.3) is 0 Å². The topological polar surface area (TPSA) is 110 Å². The van der Waals surface area contributed by atoms with Gasteiger partial charge in [0.1, 0.15) is 12.0 Å². The van der Waals surface area contributed by atoms with Crippen LogP contribution >= 0.6 is 0 Å². The van der Waals surface area contributed by atoms with Crippen molar-refractivity contribution in [2.45, 2.75) is 38.5 Å². The number of carbonyl (C=O) groups is 4. The van der Waals surface area contributed by atoms with Crippen molar-refractivity contribution in [3.05, 3.63) is 0 Å². The largest absolute Gasteiger partial charge is 0.368 e. The van der Waals surface area contributed by atoms with E-state index in [-0.39, 0.29) is 0 Å². The molecule has 3 N–H and O–H groups in total. The number of hydrogen-bond donors (Lipinski definition) is 2. The maximum Gasteiger partial charge on any atom is 0.331 e. The van der Waals surface area contributed by atoms with E-state index in [9.17, 15) is 19.2 Å². The lowest BCUT2D eigenvalue weighted by atomic mass is 9.77. The number of barbiturate groups is 1. The minimum Gasteiger partial charge on any atom is -0.368 e. The van der Waals surface area contributed by atoms with E-state index < -0.39 is 35.7 Å². The minimum absolute atomic E-state index is 0.417. The monoisotopic (exact) mass is 267 g/mol. The van der Waals surface area contributed by atoms with Crippen LogP contribution < -0.4 is 11.1 Å². The van der Waals surface area contributed by atoms with Crippen molar-refractivity contribution in [3.8, 4) is 0 Å². The molecule has 0 radical (unpaired) electrons. The van der Waals surface area contributed by atoms with Gasteiger partial charge in [0.15, 0.2) is 0 Å². The number of imide groups is 2. The van der Waals surface area contributed by atoms with Gasteiger partial charge in [0.05, 0.1) is 0 Å². The summed E-state index contributed by atoms with van der Waals surface area (Å²) in [6, 6.07) is -0.858. The molecule has 0 aromatic heterocycles. The van der Waals surface area contributed by atoms with E-state index in [2.05, 4.69) is 5.32 Å². The van der Waals surface area contributed by atoms with E-state index in [4.69, 9.17) is 5.73 Å². The van der Waals surface area contributed by atoms with Gasteiger partial charge in [-0.3, -0.25) is 24.6 Å². The van der Waals surface area contributed by atoms with Gasteiger partial charge in [0.25, 0.3) is 0 Å². The molecule has 7 nitrogen and oxygen atoms in total. The molecule has 0 aromatic rings. The molecule has 2 rings (SSSR count). The van der Waals surface area contributed by atoms with Crippen LogP contribution in [0.3, 0.4) is 0 Å². The van der Waals surface area contributed by atoms with Gasteiger partial charge in [-0.1, -0.05) is 25.7 Å².